The first-order chi connectivity index (χ1) is 9.67. The normalized spacial score (nSPS) is 10.2. The van der Waals surface area contributed by atoms with Crippen LogP contribution in [0.2, 0.25) is 0 Å². The van der Waals surface area contributed by atoms with E-state index in [4.69, 9.17) is 18.9 Å². The zero-order chi connectivity index (χ0) is 14.8. The van der Waals surface area contributed by atoms with Gasteiger partial charge in [-0.2, -0.15) is 0 Å². The van der Waals surface area contributed by atoms with Gasteiger partial charge in [-0.15, -0.1) is 0 Å². The van der Waals surface area contributed by atoms with Crippen LogP contribution in [0.4, 0.5) is 0 Å². The van der Waals surface area contributed by atoms with E-state index in [1.807, 2.05) is 0 Å². The minimum absolute atomic E-state index is 0.370. The van der Waals surface area contributed by atoms with Gasteiger partial charge in [-0.1, -0.05) is 13.3 Å². The number of esters is 1. The lowest BCUT2D eigenvalue weighted by atomic mass is 10.3. The molecule has 1 aromatic rings. The van der Waals surface area contributed by atoms with Gasteiger partial charge in [-0.3, -0.25) is 4.79 Å². The lowest BCUT2D eigenvalue weighted by Gasteiger charge is -2.12. The molecule has 0 atom stereocenters. The monoisotopic (exact) mass is 282 g/mol. The van der Waals surface area contributed by atoms with E-state index in [9.17, 15) is 4.79 Å². The summed E-state index contributed by atoms with van der Waals surface area (Å²) in [5.41, 5.74) is 0. The second-order valence-electron chi connectivity index (χ2n) is 4.22. The average molecular weight is 282 g/mol. The first-order valence-electron chi connectivity index (χ1n) is 6.74. The fourth-order valence-electron chi connectivity index (χ4n) is 1.56. The summed E-state index contributed by atoms with van der Waals surface area (Å²) >= 11 is 0. The molecule has 112 valence electrons. The van der Waals surface area contributed by atoms with Crippen LogP contribution < -0.4 is 14.2 Å². The zero-order valence-corrected chi connectivity index (χ0v) is 12.3. The van der Waals surface area contributed by atoms with E-state index in [1.165, 1.54) is 14.0 Å². The molecule has 0 N–H and O–H groups in total. The van der Waals surface area contributed by atoms with Gasteiger partial charge in [0, 0.05) is 19.6 Å². The molecule has 1 aromatic carbocycles. The minimum atomic E-state index is -0.370. The second-order valence-corrected chi connectivity index (χ2v) is 4.22. The summed E-state index contributed by atoms with van der Waals surface area (Å²) < 4.78 is 21.2. The number of methoxy groups -OCH3 is 1. The number of carbonyl (C=O) groups excluding carboxylic acids is 1. The minimum Gasteiger partial charge on any atom is -0.493 e. The molecule has 0 heterocycles. The molecule has 0 aliphatic carbocycles. The van der Waals surface area contributed by atoms with Crippen molar-refractivity contribution in [2.75, 3.05) is 26.9 Å². The first kappa shape index (κ1) is 16.3. The van der Waals surface area contributed by atoms with Crippen LogP contribution >= 0.6 is 0 Å². The highest BCUT2D eigenvalue weighted by atomic mass is 16.5. The number of rotatable bonds is 9. The topological polar surface area (TPSA) is 54.0 Å². The fourth-order valence-corrected chi connectivity index (χ4v) is 1.56. The molecule has 0 bridgehead atoms. The quantitative estimate of drug-likeness (QED) is 0.396. The van der Waals surface area contributed by atoms with Crippen LogP contribution in [0.5, 0.6) is 17.2 Å². The van der Waals surface area contributed by atoms with Crippen molar-refractivity contribution in [3.8, 4) is 17.2 Å². The van der Waals surface area contributed by atoms with Gasteiger partial charge >= 0.3 is 5.97 Å². The predicted molar refractivity (Wildman–Crippen MR) is 75.5 cm³/mol. The van der Waals surface area contributed by atoms with Crippen LogP contribution in [0.1, 0.15) is 26.7 Å². The lowest BCUT2D eigenvalue weighted by Crippen LogP contribution is -2.08. The van der Waals surface area contributed by atoms with Gasteiger partial charge in [0.15, 0.2) is 11.5 Å². The predicted octanol–water partition coefficient (Wildman–Crippen LogP) is 2.82. The van der Waals surface area contributed by atoms with Gasteiger partial charge < -0.3 is 18.9 Å². The van der Waals surface area contributed by atoms with Gasteiger partial charge in [0.1, 0.15) is 12.4 Å². The fraction of sp³-hybridized carbons (Fsp3) is 0.533. The van der Waals surface area contributed by atoms with Crippen LogP contribution in [-0.4, -0.2) is 32.9 Å². The van der Waals surface area contributed by atoms with Crippen molar-refractivity contribution in [2.45, 2.75) is 26.7 Å². The molecule has 0 radical (unpaired) electrons. The molecule has 0 aliphatic rings. The van der Waals surface area contributed by atoms with E-state index >= 15 is 0 Å². The van der Waals surface area contributed by atoms with E-state index in [0.29, 0.717) is 30.5 Å². The van der Waals surface area contributed by atoms with Gasteiger partial charge in [0.05, 0.1) is 13.7 Å². The number of benzene rings is 1. The van der Waals surface area contributed by atoms with Crippen molar-refractivity contribution >= 4 is 5.97 Å². The smallest absolute Gasteiger partial charge is 0.308 e. The van der Waals surface area contributed by atoms with E-state index in [1.54, 1.807) is 18.2 Å². The maximum absolute atomic E-state index is 10.9. The van der Waals surface area contributed by atoms with Gasteiger partial charge in [0.25, 0.3) is 0 Å². The van der Waals surface area contributed by atoms with Crippen LogP contribution in [-0.2, 0) is 9.53 Å². The van der Waals surface area contributed by atoms with Crippen molar-refractivity contribution in [3.63, 3.8) is 0 Å². The molecule has 0 spiro atoms. The van der Waals surface area contributed by atoms with Crippen molar-refractivity contribution < 1.29 is 23.7 Å². The Kier molecular flexibility index (Phi) is 7.50. The molecular formula is C15H22O5. The molecular weight excluding hydrogens is 260 g/mol. The Labute approximate surface area is 119 Å². The Morgan fingerprint density at radius 2 is 1.95 bits per heavy atom. The third kappa shape index (κ3) is 5.93. The van der Waals surface area contributed by atoms with Crippen LogP contribution in [0.15, 0.2) is 18.2 Å². The summed E-state index contributed by atoms with van der Waals surface area (Å²) in [4.78, 5) is 10.9. The molecule has 0 fully saturated rings. The maximum atomic E-state index is 10.9. The number of carbonyl (C=O) groups is 1. The molecule has 0 unspecified atom stereocenters. The number of hydrogen-bond donors (Lipinski definition) is 0. The van der Waals surface area contributed by atoms with Gasteiger partial charge in [0.2, 0.25) is 0 Å². The molecule has 0 aliphatic heterocycles. The Balaban J connectivity index is 2.46. The third-order valence-electron chi connectivity index (χ3n) is 2.52. The standard InChI is InChI=1S/C15H22O5/c1-4-5-8-18-9-10-19-14-7-6-13(20-12(2)16)11-15(14)17-3/h6-7,11H,4-5,8-10H2,1-3H3. The molecule has 20 heavy (non-hydrogen) atoms. The molecule has 1 rings (SSSR count). The van der Waals surface area contributed by atoms with Crippen molar-refractivity contribution in [2.24, 2.45) is 0 Å². The Morgan fingerprint density at radius 1 is 1.15 bits per heavy atom. The highest BCUT2D eigenvalue weighted by Crippen LogP contribution is 2.31. The van der Waals surface area contributed by atoms with E-state index in [0.717, 1.165) is 19.4 Å². The molecule has 0 saturated carbocycles. The second kappa shape index (κ2) is 9.20. The number of ether oxygens (including phenoxy) is 4. The highest BCUT2D eigenvalue weighted by molar-refractivity contribution is 5.69. The van der Waals surface area contributed by atoms with E-state index in [-0.39, 0.29) is 5.97 Å². The Hall–Kier alpha value is -1.75. The number of unbranched alkanes of at least 4 members (excludes halogenated alkanes) is 1. The molecule has 0 aromatic heterocycles. The largest absolute Gasteiger partial charge is 0.493 e. The summed E-state index contributed by atoms with van der Waals surface area (Å²) in [6, 6.07) is 5.00. The van der Waals surface area contributed by atoms with Crippen molar-refractivity contribution in [3.05, 3.63) is 18.2 Å². The Bertz CT molecular complexity index is 417. The Morgan fingerprint density at radius 3 is 2.60 bits per heavy atom. The van der Waals surface area contributed by atoms with E-state index in [2.05, 4.69) is 6.92 Å². The molecule has 0 saturated heterocycles. The van der Waals surface area contributed by atoms with Crippen LogP contribution in [0, 0.1) is 0 Å². The summed E-state index contributed by atoms with van der Waals surface area (Å²) in [5, 5.41) is 0. The third-order valence-corrected chi connectivity index (χ3v) is 2.52. The summed E-state index contributed by atoms with van der Waals surface area (Å²) in [6.07, 6.45) is 2.17. The van der Waals surface area contributed by atoms with Crippen molar-refractivity contribution in [1.82, 2.24) is 0 Å². The summed E-state index contributed by atoms with van der Waals surface area (Å²) in [7, 11) is 1.54. The van der Waals surface area contributed by atoms with Crippen LogP contribution in [0.3, 0.4) is 0 Å². The maximum Gasteiger partial charge on any atom is 0.308 e. The SMILES string of the molecule is CCCCOCCOc1ccc(OC(C)=O)cc1OC. The highest BCUT2D eigenvalue weighted by Gasteiger charge is 2.07. The summed E-state index contributed by atoms with van der Waals surface area (Å²) in [6.45, 7) is 5.21. The molecule has 0 amide bonds. The molecule has 5 heteroatoms. The lowest BCUT2D eigenvalue weighted by molar-refractivity contribution is -0.131. The van der Waals surface area contributed by atoms with Crippen molar-refractivity contribution in [1.29, 1.82) is 0 Å². The summed E-state index contributed by atoms with van der Waals surface area (Å²) in [5.74, 6) is 1.19. The molecule has 5 nitrogen and oxygen atoms in total. The van der Waals surface area contributed by atoms with Gasteiger partial charge in [-0.25, -0.2) is 0 Å². The number of hydrogen-bond acceptors (Lipinski definition) is 5. The average Bonchev–Trinajstić information content (AvgIpc) is 2.43. The van der Waals surface area contributed by atoms with Crippen LogP contribution in [0.25, 0.3) is 0 Å². The van der Waals surface area contributed by atoms with Gasteiger partial charge in [-0.05, 0) is 18.6 Å². The first-order valence-corrected chi connectivity index (χ1v) is 6.74. The van der Waals surface area contributed by atoms with E-state index < -0.39 is 0 Å². The zero-order valence-electron chi connectivity index (χ0n) is 12.3.